The minimum absolute atomic E-state index is 0.495. The standard InChI is InChI=1S/C10H13Cl2NS/c1-7(5-13)6-14-10-4-8(11)2-3-9(10)12/h2-4,7H,5-6,13H2,1H3. The Labute approximate surface area is 99.0 Å². The molecule has 0 amide bonds. The number of thioether (sulfide) groups is 1. The van der Waals surface area contributed by atoms with E-state index in [-0.39, 0.29) is 0 Å². The maximum absolute atomic E-state index is 6.01. The quantitative estimate of drug-likeness (QED) is 0.825. The first-order valence-corrected chi connectivity index (χ1v) is 6.15. The van der Waals surface area contributed by atoms with Crippen molar-refractivity contribution < 1.29 is 0 Å². The second kappa shape index (κ2) is 5.86. The smallest absolute Gasteiger partial charge is 0.0542 e. The van der Waals surface area contributed by atoms with E-state index in [1.807, 2.05) is 12.1 Å². The number of hydrogen-bond acceptors (Lipinski definition) is 2. The Kier molecular flexibility index (Phi) is 5.10. The second-order valence-corrected chi connectivity index (χ2v) is 5.13. The lowest BCUT2D eigenvalue weighted by molar-refractivity contribution is 0.675. The summed E-state index contributed by atoms with van der Waals surface area (Å²) in [5.41, 5.74) is 5.53. The maximum atomic E-state index is 6.01. The summed E-state index contributed by atoms with van der Waals surface area (Å²) in [4.78, 5) is 1.03. The van der Waals surface area contributed by atoms with Gasteiger partial charge in [0.05, 0.1) is 5.02 Å². The van der Waals surface area contributed by atoms with Crippen LogP contribution in [0.2, 0.25) is 10.0 Å². The number of hydrogen-bond donors (Lipinski definition) is 1. The van der Waals surface area contributed by atoms with Crippen LogP contribution in [0.3, 0.4) is 0 Å². The van der Waals surface area contributed by atoms with Gasteiger partial charge in [0.2, 0.25) is 0 Å². The van der Waals surface area contributed by atoms with Crippen LogP contribution in [0, 0.1) is 5.92 Å². The van der Waals surface area contributed by atoms with Crippen LogP contribution in [0.1, 0.15) is 6.92 Å². The van der Waals surface area contributed by atoms with Gasteiger partial charge in [-0.3, -0.25) is 0 Å². The van der Waals surface area contributed by atoms with Gasteiger partial charge in [0.25, 0.3) is 0 Å². The summed E-state index contributed by atoms with van der Waals surface area (Å²) >= 11 is 13.6. The van der Waals surface area contributed by atoms with Crippen molar-refractivity contribution in [2.75, 3.05) is 12.3 Å². The van der Waals surface area contributed by atoms with Crippen LogP contribution in [-0.4, -0.2) is 12.3 Å². The third kappa shape index (κ3) is 3.70. The Morgan fingerprint density at radius 1 is 1.43 bits per heavy atom. The van der Waals surface area contributed by atoms with E-state index < -0.39 is 0 Å². The van der Waals surface area contributed by atoms with Crippen molar-refractivity contribution in [3.63, 3.8) is 0 Å². The average Bonchev–Trinajstić information content (AvgIpc) is 2.19. The molecule has 1 unspecified atom stereocenters. The first kappa shape index (κ1) is 12.2. The van der Waals surface area contributed by atoms with Gasteiger partial charge in [0, 0.05) is 15.7 Å². The van der Waals surface area contributed by atoms with Gasteiger partial charge >= 0.3 is 0 Å². The number of benzene rings is 1. The molecule has 0 radical (unpaired) electrons. The van der Waals surface area contributed by atoms with Crippen molar-refractivity contribution in [3.8, 4) is 0 Å². The number of nitrogens with two attached hydrogens (primary N) is 1. The highest BCUT2D eigenvalue weighted by atomic mass is 35.5. The Balaban J connectivity index is 2.62. The van der Waals surface area contributed by atoms with Crippen LogP contribution in [0.25, 0.3) is 0 Å². The molecule has 0 aliphatic heterocycles. The van der Waals surface area contributed by atoms with E-state index in [2.05, 4.69) is 6.92 Å². The van der Waals surface area contributed by atoms with E-state index in [1.54, 1.807) is 17.8 Å². The summed E-state index contributed by atoms with van der Waals surface area (Å²) in [6.45, 7) is 2.82. The summed E-state index contributed by atoms with van der Waals surface area (Å²) in [5.74, 6) is 1.46. The van der Waals surface area contributed by atoms with Crippen molar-refractivity contribution in [1.29, 1.82) is 0 Å². The molecule has 1 aromatic carbocycles. The lowest BCUT2D eigenvalue weighted by Gasteiger charge is -2.08. The van der Waals surface area contributed by atoms with E-state index in [9.17, 15) is 0 Å². The van der Waals surface area contributed by atoms with Gasteiger partial charge in [-0.25, -0.2) is 0 Å². The second-order valence-electron chi connectivity index (χ2n) is 3.23. The third-order valence-electron chi connectivity index (χ3n) is 1.82. The molecule has 0 aromatic heterocycles. The highest BCUT2D eigenvalue weighted by molar-refractivity contribution is 7.99. The Morgan fingerprint density at radius 3 is 2.79 bits per heavy atom. The van der Waals surface area contributed by atoms with E-state index in [4.69, 9.17) is 28.9 Å². The van der Waals surface area contributed by atoms with Gasteiger partial charge in [-0.1, -0.05) is 30.1 Å². The highest BCUT2D eigenvalue weighted by Crippen LogP contribution is 2.30. The molecule has 0 saturated heterocycles. The lowest BCUT2D eigenvalue weighted by atomic mass is 10.2. The van der Waals surface area contributed by atoms with Gasteiger partial charge in [-0.05, 0) is 30.7 Å². The fourth-order valence-electron chi connectivity index (χ4n) is 0.888. The molecule has 0 aliphatic carbocycles. The van der Waals surface area contributed by atoms with Crippen LogP contribution in [0.4, 0.5) is 0 Å². The zero-order valence-corrected chi connectivity index (χ0v) is 10.3. The molecular formula is C10H13Cl2NS. The molecule has 0 spiro atoms. The summed E-state index contributed by atoms with van der Waals surface area (Å²) in [5, 5.41) is 1.47. The lowest BCUT2D eigenvalue weighted by Crippen LogP contribution is -2.12. The molecule has 0 aliphatic rings. The maximum Gasteiger partial charge on any atom is 0.0542 e. The van der Waals surface area contributed by atoms with Crippen LogP contribution < -0.4 is 5.73 Å². The van der Waals surface area contributed by atoms with E-state index in [0.29, 0.717) is 12.5 Å². The van der Waals surface area contributed by atoms with Crippen LogP contribution in [0.15, 0.2) is 23.1 Å². The summed E-state index contributed by atoms with van der Waals surface area (Å²) in [6, 6.07) is 5.50. The third-order valence-corrected chi connectivity index (χ3v) is 3.88. The predicted octanol–water partition coefficient (Wildman–Crippen LogP) is 3.68. The molecule has 4 heteroatoms. The van der Waals surface area contributed by atoms with E-state index in [1.165, 1.54) is 0 Å². The molecule has 1 atom stereocenters. The summed E-state index contributed by atoms with van der Waals surface area (Å²) in [7, 11) is 0. The zero-order chi connectivity index (χ0) is 10.6. The van der Waals surface area contributed by atoms with Gasteiger partial charge < -0.3 is 5.73 Å². The molecule has 78 valence electrons. The fourth-order valence-corrected chi connectivity index (χ4v) is 2.42. The summed E-state index contributed by atoms with van der Waals surface area (Å²) < 4.78 is 0. The Morgan fingerprint density at radius 2 is 2.14 bits per heavy atom. The average molecular weight is 250 g/mol. The molecule has 0 heterocycles. The Hall–Kier alpha value is 0.110. The SMILES string of the molecule is CC(CN)CSc1cc(Cl)ccc1Cl. The molecule has 1 rings (SSSR count). The molecule has 14 heavy (non-hydrogen) atoms. The largest absolute Gasteiger partial charge is 0.330 e. The van der Waals surface area contributed by atoms with E-state index >= 15 is 0 Å². The minimum Gasteiger partial charge on any atom is -0.330 e. The van der Waals surface area contributed by atoms with Gasteiger partial charge in [0.15, 0.2) is 0 Å². The number of halogens is 2. The first-order chi connectivity index (χ1) is 6.63. The monoisotopic (exact) mass is 249 g/mol. The molecule has 0 saturated carbocycles. The fraction of sp³-hybridized carbons (Fsp3) is 0.400. The van der Waals surface area contributed by atoms with Crippen LogP contribution >= 0.6 is 35.0 Å². The molecule has 0 fully saturated rings. The molecule has 0 bridgehead atoms. The summed E-state index contributed by atoms with van der Waals surface area (Å²) in [6.07, 6.45) is 0. The Bertz CT molecular complexity index is 304. The van der Waals surface area contributed by atoms with Gasteiger partial charge in [-0.2, -0.15) is 0 Å². The topological polar surface area (TPSA) is 26.0 Å². The number of rotatable bonds is 4. The zero-order valence-electron chi connectivity index (χ0n) is 7.97. The first-order valence-electron chi connectivity index (χ1n) is 4.41. The normalized spacial score (nSPS) is 12.9. The van der Waals surface area contributed by atoms with Crippen molar-refractivity contribution in [1.82, 2.24) is 0 Å². The van der Waals surface area contributed by atoms with Crippen molar-refractivity contribution in [2.24, 2.45) is 11.7 Å². The van der Waals surface area contributed by atoms with Crippen molar-refractivity contribution in [2.45, 2.75) is 11.8 Å². The van der Waals surface area contributed by atoms with Crippen molar-refractivity contribution in [3.05, 3.63) is 28.2 Å². The molecule has 1 aromatic rings. The molecule has 1 nitrogen and oxygen atoms in total. The van der Waals surface area contributed by atoms with Crippen LogP contribution in [-0.2, 0) is 0 Å². The van der Waals surface area contributed by atoms with Gasteiger partial charge in [-0.15, -0.1) is 11.8 Å². The van der Waals surface area contributed by atoms with E-state index in [0.717, 1.165) is 20.7 Å². The van der Waals surface area contributed by atoms with Gasteiger partial charge in [0.1, 0.15) is 0 Å². The predicted molar refractivity (Wildman–Crippen MR) is 65.4 cm³/mol. The molecule has 2 N–H and O–H groups in total. The minimum atomic E-state index is 0.495. The van der Waals surface area contributed by atoms with Crippen LogP contribution in [0.5, 0.6) is 0 Å². The van der Waals surface area contributed by atoms with Crippen molar-refractivity contribution >= 4 is 35.0 Å². The highest BCUT2D eigenvalue weighted by Gasteiger charge is 2.04. The molecular weight excluding hydrogens is 237 g/mol.